The van der Waals surface area contributed by atoms with Gasteiger partial charge in [-0.2, -0.15) is 0 Å². The Kier molecular flexibility index (Phi) is 3.39. The number of fused-ring (bicyclic) bond motifs is 1. The molecule has 0 fully saturated rings. The number of pyridine rings is 1. The minimum atomic E-state index is -0.0497. The van der Waals surface area contributed by atoms with Crippen molar-refractivity contribution in [2.75, 3.05) is 6.54 Å². The predicted octanol–water partition coefficient (Wildman–Crippen LogP) is 0.340. The zero-order chi connectivity index (χ0) is 12.3. The molecule has 0 radical (unpaired) electrons. The van der Waals surface area contributed by atoms with Gasteiger partial charge in [-0.15, -0.1) is 0 Å². The van der Waals surface area contributed by atoms with Gasteiger partial charge in [0.2, 0.25) is 5.91 Å². The zero-order valence-corrected chi connectivity index (χ0v) is 9.76. The molecule has 0 aliphatic rings. The molecule has 1 amide bonds. The van der Waals surface area contributed by atoms with Gasteiger partial charge < -0.3 is 15.5 Å². The van der Waals surface area contributed by atoms with E-state index in [1.807, 2.05) is 41.9 Å². The fourth-order valence-electron chi connectivity index (χ4n) is 1.62. The van der Waals surface area contributed by atoms with E-state index in [4.69, 9.17) is 5.73 Å². The molecule has 0 aliphatic carbocycles. The van der Waals surface area contributed by atoms with Crippen LogP contribution in [0.25, 0.3) is 5.65 Å². The van der Waals surface area contributed by atoms with Gasteiger partial charge in [-0.1, -0.05) is 6.07 Å². The summed E-state index contributed by atoms with van der Waals surface area (Å²) in [7, 11) is 0. The number of nitrogens with two attached hydrogens (primary N) is 1. The number of carbonyl (C=O) groups excluding carboxylic acids is 1. The zero-order valence-electron chi connectivity index (χ0n) is 9.76. The lowest BCUT2D eigenvalue weighted by Gasteiger charge is -2.09. The number of nitrogens with one attached hydrogen (secondary N) is 1. The van der Waals surface area contributed by atoms with Gasteiger partial charge in [-0.05, 0) is 19.1 Å². The van der Waals surface area contributed by atoms with Gasteiger partial charge in [-0.3, -0.25) is 4.79 Å². The quantitative estimate of drug-likeness (QED) is 0.798. The summed E-state index contributed by atoms with van der Waals surface area (Å²) in [5.41, 5.74) is 7.05. The summed E-state index contributed by atoms with van der Waals surface area (Å²) in [6.07, 6.45) is 4.06. The number of hydrogen-bond acceptors (Lipinski definition) is 3. The summed E-state index contributed by atoms with van der Waals surface area (Å²) in [5.74, 6) is -0.0497. The number of nitrogens with zero attached hydrogens (tertiary/aromatic N) is 2. The van der Waals surface area contributed by atoms with Crippen LogP contribution in [-0.2, 0) is 11.2 Å². The topological polar surface area (TPSA) is 72.4 Å². The molecule has 2 aromatic heterocycles. The number of carbonyl (C=O) groups is 1. The lowest BCUT2D eigenvalue weighted by Crippen LogP contribution is -2.38. The molecule has 2 heterocycles. The van der Waals surface area contributed by atoms with Gasteiger partial charge in [0.1, 0.15) is 5.65 Å². The van der Waals surface area contributed by atoms with Crippen LogP contribution in [0.2, 0.25) is 0 Å². The Hall–Kier alpha value is -1.88. The van der Waals surface area contributed by atoms with Crippen molar-refractivity contribution in [3.8, 4) is 0 Å². The van der Waals surface area contributed by atoms with Crippen molar-refractivity contribution in [1.29, 1.82) is 0 Å². The fraction of sp³-hybridized carbons (Fsp3) is 0.333. The maximum atomic E-state index is 11.6. The van der Waals surface area contributed by atoms with Crippen LogP contribution < -0.4 is 11.1 Å². The van der Waals surface area contributed by atoms with Crippen LogP contribution in [0, 0.1) is 0 Å². The molecular formula is C12H16N4O. The molecule has 1 atom stereocenters. The highest BCUT2D eigenvalue weighted by Crippen LogP contribution is 2.04. The molecule has 0 aliphatic heterocycles. The van der Waals surface area contributed by atoms with E-state index in [1.165, 1.54) is 0 Å². The Labute approximate surface area is 99.6 Å². The summed E-state index contributed by atoms with van der Waals surface area (Å²) in [5, 5.41) is 2.81. The van der Waals surface area contributed by atoms with E-state index >= 15 is 0 Å². The summed E-state index contributed by atoms with van der Waals surface area (Å²) in [6.45, 7) is 2.32. The summed E-state index contributed by atoms with van der Waals surface area (Å²) in [4.78, 5) is 16.0. The van der Waals surface area contributed by atoms with E-state index in [-0.39, 0.29) is 18.4 Å². The van der Waals surface area contributed by atoms with Crippen LogP contribution in [0.1, 0.15) is 12.6 Å². The minimum absolute atomic E-state index is 0.000434. The number of aromatic nitrogens is 2. The van der Waals surface area contributed by atoms with Gasteiger partial charge >= 0.3 is 0 Å². The second kappa shape index (κ2) is 4.97. The Bertz CT molecular complexity index is 487. The average Bonchev–Trinajstić information content (AvgIpc) is 2.70. The van der Waals surface area contributed by atoms with Gasteiger partial charge in [0, 0.05) is 25.0 Å². The predicted molar refractivity (Wildman–Crippen MR) is 65.6 cm³/mol. The van der Waals surface area contributed by atoms with Crippen LogP contribution in [0.3, 0.4) is 0 Å². The first-order chi connectivity index (χ1) is 8.19. The molecule has 0 spiro atoms. The number of rotatable bonds is 4. The molecule has 5 heteroatoms. The van der Waals surface area contributed by atoms with E-state index in [0.717, 1.165) is 11.3 Å². The maximum absolute atomic E-state index is 11.6. The van der Waals surface area contributed by atoms with Crippen LogP contribution >= 0.6 is 0 Å². The highest BCUT2D eigenvalue weighted by molar-refractivity contribution is 5.78. The number of hydrogen-bond donors (Lipinski definition) is 2. The number of amides is 1. The Balaban J connectivity index is 2.05. The molecule has 0 aromatic carbocycles. The first-order valence-corrected chi connectivity index (χ1v) is 5.61. The Morgan fingerprint density at radius 2 is 2.41 bits per heavy atom. The van der Waals surface area contributed by atoms with Gasteiger partial charge in [-0.25, -0.2) is 4.98 Å². The summed E-state index contributed by atoms with van der Waals surface area (Å²) >= 11 is 0. The van der Waals surface area contributed by atoms with Gasteiger partial charge in [0.05, 0.1) is 12.1 Å². The molecule has 0 bridgehead atoms. The van der Waals surface area contributed by atoms with E-state index in [2.05, 4.69) is 10.3 Å². The van der Waals surface area contributed by atoms with Crippen molar-refractivity contribution in [1.82, 2.24) is 14.7 Å². The van der Waals surface area contributed by atoms with Gasteiger partial charge in [0.15, 0.2) is 0 Å². The Morgan fingerprint density at radius 1 is 1.59 bits per heavy atom. The maximum Gasteiger partial charge on any atom is 0.226 e. The lowest BCUT2D eigenvalue weighted by atomic mass is 10.3. The molecule has 0 saturated heterocycles. The van der Waals surface area contributed by atoms with E-state index in [0.29, 0.717) is 6.54 Å². The number of imidazole rings is 1. The molecule has 0 saturated carbocycles. The van der Waals surface area contributed by atoms with Crippen LogP contribution in [0.4, 0.5) is 0 Å². The van der Waals surface area contributed by atoms with Gasteiger partial charge in [0.25, 0.3) is 0 Å². The van der Waals surface area contributed by atoms with Crippen molar-refractivity contribution in [2.45, 2.75) is 19.4 Å². The average molecular weight is 232 g/mol. The van der Waals surface area contributed by atoms with E-state index in [1.54, 1.807) is 0 Å². The van der Waals surface area contributed by atoms with Crippen LogP contribution in [0.15, 0.2) is 30.6 Å². The molecule has 0 unspecified atom stereocenters. The van der Waals surface area contributed by atoms with Crippen molar-refractivity contribution >= 4 is 11.6 Å². The summed E-state index contributed by atoms with van der Waals surface area (Å²) in [6, 6.07) is 5.75. The molecular weight excluding hydrogens is 216 g/mol. The summed E-state index contributed by atoms with van der Waals surface area (Å²) < 4.78 is 1.90. The highest BCUT2D eigenvalue weighted by atomic mass is 16.1. The third-order valence-corrected chi connectivity index (χ3v) is 2.52. The molecule has 2 aromatic rings. The van der Waals surface area contributed by atoms with Crippen molar-refractivity contribution in [3.63, 3.8) is 0 Å². The first-order valence-electron chi connectivity index (χ1n) is 5.61. The second-order valence-electron chi connectivity index (χ2n) is 4.08. The lowest BCUT2D eigenvalue weighted by molar-refractivity contribution is -0.121. The molecule has 17 heavy (non-hydrogen) atoms. The first kappa shape index (κ1) is 11.6. The molecule has 2 rings (SSSR count). The standard InChI is InChI=1S/C12H16N4O/c1-9(7-13)14-12(17)6-10-8-16-5-3-2-4-11(16)15-10/h2-5,8-9H,6-7,13H2,1H3,(H,14,17)/t9-/m0/s1. The van der Waals surface area contributed by atoms with Crippen LogP contribution in [-0.4, -0.2) is 27.9 Å². The fourth-order valence-corrected chi connectivity index (χ4v) is 1.62. The van der Waals surface area contributed by atoms with E-state index < -0.39 is 0 Å². The molecule has 90 valence electrons. The monoisotopic (exact) mass is 232 g/mol. The highest BCUT2D eigenvalue weighted by Gasteiger charge is 2.09. The second-order valence-corrected chi connectivity index (χ2v) is 4.08. The van der Waals surface area contributed by atoms with E-state index in [9.17, 15) is 4.79 Å². The van der Waals surface area contributed by atoms with Crippen molar-refractivity contribution in [2.24, 2.45) is 5.73 Å². The smallest absolute Gasteiger partial charge is 0.226 e. The van der Waals surface area contributed by atoms with Crippen molar-refractivity contribution in [3.05, 3.63) is 36.3 Å². The van der Waals surface area contributed by atoms with Crippen LogP contribution in [0.5, 0.6) is 0 Å². The SMILES string of the molecule is C[C@@H](CN)NC(=O)Cc1cn2ccccc2n1. The normalized spacial score (nSPS) is 12.6. The van der Waals surface area contributed by atoms with Crippen molar-refractivity contribution < 1.29 is 4.79 Å². The Morgan fingerprint density at radius 3 is 3.12 bits per heavy atom. The largest absolute Gasteiger partial charge is 0.352 e. The molecule has 5 nitrogen and oxygen atoms in total. The third kappa shape index (κ3) is 2.82. The minimum Gasteiger partial charge on any atom is -0.352 e. The third-order valence-electron chi connectivity index (χ3n) is 2.52. The molecule has 3 N–H and O–H groups in total.